The van der Waals surface area contributed by atoms with Crippen molar-refractivity contribution >= 4 is 10.1 Å². The predicted molar refractivity (Wildman–Crippen MR) is 124 cm³/mol. The number of aryl methyl sites for hydroxylation is 1. The Bertz CT molecular complexity index is 1210. The second-order valence-electron chi connectivity index (χ2n) is 8.15. The van der Waals surface area contributed by atoms with E-state index < -0.39 is 39.6 Å². The first-order chi connectivity index (χ1) is 16.5. The van der Waals surface area contributed by atoms with Gasteiger partial charge < -0.3 is 5.32 Å². The van der Waals surface area contributed by atoms with E-state index in [9.17, 15) is 34.8 Å². The summed E-state index contributed by atoms with van der Waals surface area (Å²) in [5.41, 5.74) is -0.837. The van der Waals surface area contributed by atoms with E-state index in [1.54, 1.807) is 19.1 Å². The number of benzene rings is 3. The normalized spacial score (nSPS) is 13.9. The molecule has 4 nitrogen and oxygen atoms in total. The lowest BCUT2D eigenvalue weighted by atomic mass is 9.99. The molecular formula is C25H25F6NO3S. The maximum Gasteiger partial charge on any atom is 0.416 e. The molecule has 0 saturated heterocycles. The quantitative estimate of drug-likeness (QED) is 0.265. The first-order valence-corrected chi connectivity index (χ1v) is 12.1. The highest BCUT2D eigenvalue weighted by Gasteiger charge is 2.37. The Labute approximate surface area is 205 Å². The highest BCUT2D eigenvalue weighted by molar-refractivity contribution is 7.85. The summed E-state index contributed by atoms with van der Waals surface area (Å²) in [4.78, 5) is -0.0666. The molecule has 0 unspecified atom stereocenters. The Morgan fingerprint density at radius 1 is 0.722 bits per heavy atom. The molecule has 2 N–H and O–H groups in total. The summed E-state index contributed by atoms with van der Waals surface area (Å²) in [6.07, 6.45) is -9.69. The fourth-order valence-corrected chi connectivity index (χ4v) is 3.73. The van der Waals surface area contributed by atoms with Crippen LogP contribution >= 0.6 is 0 Å². The summed E-state index contributed by atoms with van der Waals surface area (Å²) in [5, 5.41) is 3.04. The fraction of sp³-hybridized carbons (Fsp3) is 0.280. The van der Waals surface area contributed by atoms with Gasteiger partial charge in [0, 0.05) is 12.1 Å². The monoisotopic (exact) mass is 533 g/mol. The van der Waals surface area contributed by atoms with Gasteiger partial charge in [0.25, 0.3) is 10.1 Å². The Kier molecular flexibility index (Phi) is 9.33. The molecule has 0 fully saturated rings. The Balaban J connectivity index is 0.000000346. The van der Waals surface area contributed by atoms with Gasteiger partial charge in [-0.05, 0) is 62.2 Å². The molecule has 2 atom stereocenters. The van der Waals surface area contributed by atoms with E-state index in [4.69, 9.17) is 4.55 Å². The average molecular weight is 534 g/mol. The number of alkyl halides is 6. The highest BCUT2D eigenvalue weighted by atomic mass is 32.2. The predicted octanol–water partition coefficient (Wildman–Crippen LogP) is 7.38. The summed E-state index contributed by atoms with van der Waals surface area (Å²) < 4.78 is 107. The topological polar surface area (TPSA) is 66.4 Å². The maximum absolute atomic E-state index is 12.9. The molecule has 0 bridgehead atoms. The zero-order valence-corrected chi connectivity index (χ0v) is 20.3. The number of hydrogen-bond acceptors (Lipinski definition) is 3. The van der Waals surface area contributed by atoms with Crippen LogP contribution in [0.3, 0.4) is 0 Å². The number of halogens is 6. The van der Waals surface area contributed by atoms with E-state index in [1.807, 2.05) is 37.3 Å². The molecule has 0 aromatic heterocycles. The van der Waals surface area contributed by atoms with Gasteiger partial charge >= 0.3 is 12.4 Å². The molecule has 0 saturated carbocycles. The molecule has 0 heterocycles. The molecule has 3 rings (SSSR count). The summed E-state index contributed by atoms with van der Waals surface area (Å²) in [6, 6.07) is 15.8. The van der Waals surface area contributed by atoms with Gasteiger partial charge in [-0.2, -0.15) is 34.8 Å². The van der Waals surface area contributed by atoms with Gasteiger partial charge in [-0.25, -0.2) is 0 Å². The minimum Gasteiger partial charge on any atom is -0.304 e. The van der Waals surface area contributed by atoms with Gasteiger partial charge in [-0.15, -0.1) is 0 Å². The van der Waals surface area contributed by atoms with E-state index in [1.165, 1.54) is 19.1 Å². The van der Waals surface area contributed by atoms with E-state index in [2.05, 4.69) is 5.32 Å². The van der Waals surface area contributed by atoms with Crippen LogP contribution in [0.4, 0.5) is 26.3 Å². The minimum atomic E-state index is -4.85. The van der Waals surface area contributed by atoms with Crippen LogP contribution in [0, 0.1) is 6.92 Å². The fourth-order valence-electron chi connectivity index (χ4n) is 3.25. The van der Waals surface area contributed by atoms with E-state index in [0.717, 1.165) is 23.3 Å². The number of rotatable bonds is 5. The molecule has 0 aliphatic heterocycles. The molecular weight excluding hydrogens is 508 g/mol. The average Bonchev–Trinajstić information content (AvgIpc) is 2.78. The summed E-state index contributed by atoms with van der Waals surface area (Å²) in [5.74, 6) is 0. The van der Waals surface area contributed by atoms with Gasteiger partial charge in [-0.3, -0.25) is 4.55 Å². The summed E-state index contributed by atoms with van der Waals surface area (Å²) >= 11 is 0. The standard InChI is InChI=1S/C18H17F6N.C7H8O3S/c1-11(13-6-4-3-5-7-13)25-12(2)14-8-15(17(19,20)21)10-16(9-14)18(22,23)24;1-6-2-4-7(5-3-6)11(8,9)10/h3-12,25H,1-2H3;2-5H,1H3,(H,8,9,10)/t11-,12-;/m0./s1. The first-order valence-electron chi connectivity index (χ1n) is 10.6. The van der Waals surface area contributed by atoms with E-state index >= 15 is 0 Å². The Morgan fingerprint density at radius 3 is 1.58 bits per heavy atom. The number of hydrogen-bond donors (Lipinski definition) is 2. The van der Waals surface area contributed by atoms with Gasteiger partial charge in [0.15, 0.2) is 0 Å². The highest BCUT2D eigenvalue weighted by Crippen LogP contribution is 2.37. The molecule has 36 heavy (non-hydrogen) atoms. The van der Waals surface area contributed by atoms with Crippen molar-refractivity contribution in [2.75, 3.05) is 0 Å². The SMILES string of the molecule is C[C@H](N[C@@H](C)c1cc(C(F)(F)F)cc(C(F)(F)F)c1)c1ccccc1.Cc1ccc(S(=O)(=O)O)cc1. The van der Waals surface area contributed by atoms with Gasteiger partial charge in [0.05, 0.1) is 16.0 Å². The van der Waals surface area contributed by atoms with Crippen LogP contribution in [0.1, 0.15) is 53.7 Å². The first kappa shape index (κ1) is 29.3. The molecule has 11 heteroatoms. The van der Waals surface area contributed by atoms with Gasteiger partial charge in [0.2, 0.25) is 0 Å². The van der Waals surface area contributed by atoms with Crippen molar-refractivity contribution in [2.24, 2.45) is 0 Å². The van der Waals surface area contributed by atoms with Crippen molar-refractivity contribution < 1.29 is 39.3 Å². The zero-order chi connectivity index (χ0) is 27.3. The molecule has 0 radical (unpaired) electrons. The lowest BCUT2D eigenvalue weighted by Gasteiger charge is -2.23. The van der Waals surface area contributed by atoms with Crippen LogP contribution in [0.15, 0.2) is 77.7 Å². The molecule has 3 aromatic carbocycles. The largest absolute Gasteiger partial charge is 0.416 e. The lowest BCUT2D eigenvalue weighted by Crippen LogP contribution is -2.23. The molecule has 0 amide bonds. The van der Waals surface area contributed by atoms with Gasteiger partial charge in [0.1, 0.15) is 0 Å². The van der Waals surface area contributed by atoms with Crippen LogP contribution in [0.5, 0.6) is 0 Å². The second-order valence-corrected chi connectivity index (χ2v) is 9.57. The second kappa shape index (κ2) is 11.4. The van der Waals surface area contributed by atoms with Crippen LogP contribution < -0.4 is 5.32 Å². The molecule has 0 aliphatic rings. The molecule has 196 valence electrons. The van der Waals surface area contributed by atoms with Crippen LogP contribution in [-0.4, -0.2) is 13.0 Å². The minimum absolute atomic E-state index is 0.0649. The van der Waals surface area contributed by atoms with Crippen LogP contribution in [-0.2, 0) is 22.5 Å². The third-order valence-electron chi connectivity index (χ3n) is 5.23. The smallest absolute Gasteiger partial charge is 0.304 e. The molecule has 0 spiro atoms. The van der Waals surface area contributed by atoms with Crippen molar-refractivity contribution in [1.82, 2.24) is 5.32 Å². The van der Waals surface area contributed by atoms with Crippen molar-refractivity contribution in [3.63, 3.8) is 0 Å². The third kappa shape index (κ3) is 8.65. The Morgan fingerprint density at radius 2 is 1.17 bits per heavy atom. The molecule has 3 aromatic rings. The van der Waals surface area contributed by atoms with E-state index in [-0.39, 0.29) is 22.6 Å². The maximum atomic E-state index is 12.9. The molecule has 0 aliphatic carbocycles. The van der Waals surface area contributed by atoms with Crippen LogP contribution in [0.25, 0.3) is 0 Å². The van der Waals surface area contributed by atoms with Crippen molar-refractivity contribution in [1.29, 1.82) is 0 Å². The third-order valence-corrected chi connectivity index (χ3v) is 6.10. The van der Waals surface area contributed by atoms with Gasteiger partial charge in [-0.1, -0.05) is 48.0 Å². The van der Waals surface area contributed by atoms with Crippen molar-refractivity contribution in [3.05, 3.63) is 101 Å². The lowest BCUT2D eigenvalue weighted by molar-refractivity contribution is -0.143. The Hall–Kier alpha value is -2.89. The van der Waals surface area contributed by atoms with Crippen molar-refractivity contribution in [2.45, 2.75) is 50.1 Å². The summed E-state index contributed by atoms with van der Waals surface area (Å²) in [7, 11) is -4.02. The zero-order valence-electron chi connectivity index (χ0n) is 19.5. The van der Waals surface area contributed by atoms with Crippen LogP contribution in [0.2, 0.25) is 0 Å². The number of nitrogens with one attached hydrogen (secondary N) is 1. The van der Waals surface area contributed by atoms with Crippen molar-refractivity contribution in [3.8, 4) is 0 Å². The summed E-state index contributed by atoms with van der Waals surface area (Å²) in [6.45, 7) is 5.17. The van der Waals surface area contributed by atoms with E-state index in [0.29, 0.717) is 0 Å².